The van der Waals surface area contributed by atoms with Crippen molar-refractivity contribution in [2.75, 3.05) is 57.6 Å². The van der Waals surface area contributed by atoms with Gasteiger partial charge < -0.3 is 38.9 Å². The van der Waals surface area contributed by atoms with Crippen molar-refractivity contribution < 1.29 is 9.47 Å². The summed E-state index contributed by atoms with van der Waals surface area (Å²) in [4.78, 5) is 14.1. The second kappa shape index (κ2) is 33.4. The molecule has 22 aromatic rings. The first-order valence-electron chi connectivity index (χ1n) is 46.2. The Labute approximate surface area is 782 Å². The molecule has 0 aromatic heterocycles. The Kier molecular flexibility index (Phi) is 20.4. The van der Waals surface area contributed by atoms with E-state index in [1.807, 2.05) is 60.7 Å². The van der Waals surface area contributed by atoms with Crippen molar-refractivity contribution in [1.29, 1.82) is 0 Å². The van der Waals surface area contributed by atoms with Crippen molar-refractivity contribution in [2.24, 2.45) is 0 Å². The Morgan fingerprint density at radius 3 is 0.590 bits per heavy atom. The zero-order chi connectivity index (χ0) is 90.5. The summed E-state index contributed by atoms with van der Waals surface area (Å²) in [7, 11) is 8.39. The standard InChI is InChI=1S/C67H48N2O2.C59H50N4/c1-67(2)63-43-49(68(47-29-35-53(36-30-47)70-51-19-5-3-6-20-51)65-41-45-17-9-11-23-55(45)57-25-13-15-27-61(57)65)33-39-59(63)60-40-34-50(44-64(60)67)69(48-31-37-54(38-32-48)71-52-21-7-4-8-22-52)66-42-46-18-10-12-24-56(46)58-26-14-16-28-62(58)66;1-59(2)55-37-45(62(43-27-23-41(24-28-43)60(3)4)57-35-39-15-7-9-17-47(39)49-19-11-13-21-53(49)57)31-33-51(55)52-34-32-46(38-56(52)59)63(44-29-25-42(26-30-44)61(5)6)58-36-40-16-8-10-18-48(40)50-20-12-14-22-54(50)58/h3-44H,1-2H3;7-38H,1-6H3. The third-order valence-corrected chi connectivity index (χ3v) is 27.7. The molecule has 0 spiro atoms. The van der Waals surface area contributed by atoms with E-state index in [0.717, 1.165) is 91.2 Å². The zero-order valence-corrected chi connectivity index (χ0v) is 76.2. The summed E-state index contributed by atoms with van der Waals surface area (Å²) >= 11 is 0. The average molecular weight is 1730 g/mol. The molecule has 8 heteroatoms. The highest BCUT2D eigenvalue weighted by atomic mass is 16.5. The first kappa shape index (κ1) is 81.8. The first-order chi connectivity index (χ1) is 65.6. The Morgan fingerprint density at radius 1 is 0.164 bits per heavy atom. The van der Waals surface area contributed by atoms with Crippen LogP contribution in [-0.4, -0.2) is 28.2 Å². The van der Waals surface area contributed by atoms with Gasteiger partial charge in [-0.15, -0.1) is 0 Å². The van der Waals surface area contributed by atoms with E-state index in [1.54, 1.807) is 0 Å². The fourth-order valence-electron chi connectivity index (χ4n) is 20.9. The summed E-state index contributed by atoms with van der Waals surface area (Å²) in [6.07, 6.45) is 0. The van der Waals surface area contributed by atoms with Gasteiger partial charge in [0.2, 0.25) is 0 Å². The minimum absolute atomic E-state index is 0.283. The van der Waals surface area contributed by atoms with Gasteiger partial charge in [-0.1, -0.05) is 282 Å². The van der Waals surface area contributed by atoms with Gasteiger partial charge in [-0.05, 0) is 303 Å². The Hall–Kier alpha value is -16.7. The van der Waals surface area contributed by atoms with E-state index in [-0.39, 0.29) is 10.8 Å². The number of hydrogen-bond acceptors (Lipinski definition) is 8. The number of hydrogen-bond donors (Lipinski definition) is 0. The lowest BCUT2D eigenvalue weighted by Crippen LogP contribution is -2.18. The summed E-state index contributed by atoms with van der Waals surface area (Å²) in [5, 5.41) is 19.6. The number of fused-ring (bicyclic) bond motifs is 18. The molecule has 0 fully saturated rings. The van der Waals surface area contributed by atoms with Gasteiger partial charge in [-0.3, -0.25) is 0 Å². The highest BCUT2D eigenvalue weighted by Gasteiger charge is 2.40. The van der Waals surface area contributed by atoms with E-state index >= 15 is 0 Å². The minimum atomic E-state index is -0.342. The predicted octanol–water partition coefficient (Wildman–Crippen LogP) is 34.8. The molecule has 644 valence electrons. The molecule has 8 nitrogen and oxygen atoms in total. The van der Waals surface area contributed by atoms with Crippen molar-refractivity contribution in [3.8, 4) is 45.3 Å². The summed E-state index contributed by atoms with van der Waals surface area (Å²) in [5.74, 6) is 3.18. The number of ether oxygens (including phenoxy) is 2. The van der Waals surface area contributed by atoms with Gasteiger partial charge in [0.1, 0.15) is 23.0 Å². The van der Waals surface area contributed by atoms with E-state index < -0.39 is 0 Å². The lowest BCUT2D eigenvalue weighted by atomic mass is 9.82. The molecule has 2 aliphatic carbocycles. The summed E-state index contributed by atoms with van der Waals surface area (Å²) in [6, 6.07) is 163. The number of para-hydroxylation sites is 2. The number of nitrogens with zero attached hydrogens (tertiary/aromatic N) is 6. The van der Waals surface area contributed by atoms with Crippen molar-refractivity contribution in [1.82, 2.24) is 0 Å². The van der Waals surface area contributed by atoms with Crippen LogP contribution in [-0.2, 0) is 10.8 Å². The molecule has 0 unspecified atom stereocenters. The highest BCUT2D eigenvalue weighted by molar-refractivity contribution is 6.19. The monoisotopic (exact) mass is 1730 g/mol. The molecule has 22 aromatic carbocycles. The van der Waals surface area contributed by atoms with Crippen LogP contribution in [0, 0.1) is 0 Å². The van der Waals surface area contributed by atoms with Gasteiger partial charge in [0.25, 0.3) is 0 Å². The molecule has 0 aliphatic heterocycles. The molecule has 0 amide bonds. The van der Waals surface area contributed by atoms with Gasteiger partial charge in [-0.25, -0.2) is 0 Å². The van der Waals surface area contributed by atoms with Crippen molar-refractivity contribution in [2.45, 2.75) is 38.5 Å². The molecule has 0 atom stereocenters. The van der Waals surface area contributed by atoms with Crippen LogP contribution >= 0.6 is 0 Å². The van der Waals surface area contributed by atoms with Crippen LogP contribution in [0.25, 0.3) is 108 Å². The quantitative estimate of drug-likeness (QED) is 0.0787. The fraction of sp³-hybridized carbons (Fsp3) is 0.0794. The summed E-state index contributed by atoms with van der Waals surface area (Å²) < 4.78 is 12.6. The molecule has 0 N–H and O–H groups in total. The van der Waals surface area contributed by atoms with E-state index in [9.17, 15) is 0 Å². The van der Waals surface area contributed by atoms with E-state index in [2.05, 4.69) is 474 Å². The third-order valence-electron chi connectivity index (χ3n) is 27.7. The molecule has 24 rings (SSSR count). The summed E-state index contributed by atoms with van der Waals surface area (Å²) in [5.41, 5.74) is 25.3. The Balaban J connectivity index is 0.000000152. The zero-order valence-electron chi connectivity index (χ0n) is 76.2. The SMILES string of the molecule is CC1(C)c2cc(N(c3ccc(Oc4ccccc4)cc3)c3cc4ccccc4c4ccccc34)ccc2-c2ccc(N(c3ccc(Oc4ccccc4)cc3)c3cc4ccccc4c4ccccc34)cc21.CN(C)c1ccc(N(c2ccc3c(c2)C(C)(C)c2cc(N(c4ccc(N(C)C)cc4)c4cc5ccccc5c5ccccc45)ccc2-3)c2cc3ccccc3c3ccccc23)cc1. The van der Waals surface area contributed by atoms with Crippen LogP contribution < -0.4 is 38.9 Å². The minimum Gasteiger partial charge on any atom is -0.457 e. The first-order valence-corrected chi connectivity index (χ1v) is 46.2. The summed E-state index contributed by atoms with van der Waals surface area (Å²) in [6.45, 7) is 9.55. The maximum atomic E-state index is 6.30. The van der Waals surface area contributed by atoms with Crippen molar-refractivity contribution in [3.05, 3.63) is 471 Å². The Morgan fingerprint density at radius 2 is 0.351 bits per heavy atom. The second-order valence-electron chi connectivity index (χ2n) is 36.8. The second-order valence-corrected chi connectivity index (χ2v) is 36.8. The third kappa shape index (κ3) is 14.4. The Bertz CT molecular complexity index is 7830. The lowest BCUT2D eigenvalue weighted by Gasteiger charge is -2.30. The van der Waals surface area contributed by atoms with Crippen LogP contribution in [0.5, 0.6) is 23.0 Å². The lowest BCUT2D eigenvalue weighted by molar-refractivity contribution is 0.482. The van der Waals surface area contributed by atoms with Gasteiger partial charge in [0.15, 0.2) is 0 Å². The molecule has 2 aliphatic rings. The molecule has 134 heavy (non-hydrogen) atoms. The fourth-order valence-corrected chi connectivity index (χ4v) is 20.9. The van der Waals surface area contributed by atoms with Crippen LogP contribution in [0.3, 0.4) is 0 Å². The van der Waals surface area contributed by atoms with Crippen LogP contribution in [0.4, 0.5) is 79.6 Å². The van der Waals surface area contributed by atoms with Gasteiger partial charge in [-0.2, -0.15) is 0 Å². The largest absolute Gasteiger partial charge is 0.457 e. The number of rotatable bonds is 18. The van der Waals surface area contributed by atoms with Gasteiger partial charge >= 0.3 is 0 Å². The highest BCUT2D eigenvalue weighted by Crippen LogP contribution is 2.58. The van der Waals surface area contributed by atoms with Crippen LogP contribution in [0.1, 0.15) is 49.9 Å². The molecular formula is C126H98N6O2. The van der Waals surface area contributed by atoms with Crippen molar-refractivity contribution in [3.63, 3.8) is 0 Å². The molecular weight excluding hydrogens is 1630 g/mol. The van der Waals surface area contributed by atoms with Gasteiger partial charge in [0.05, 0.1) is 22.7 Å². The van der Waals surface area contributed by atoms with Crippen LogP contribution in [0.15, 0.2) is 449 Å². The number of anilines is 14. The number of benzene rings is 22. The molecule has 0 saturated carbocycles. The topological polar surface area (TPSA) is 37.9 Å². The normalized spacial score (nSPS) is 12.6. The molecule has 0 saturated heterocycles. The molecule has 0 radical (unpaired) electrons. The average Bonchev–Trinajstić information content (AvgIpc) is 1.46. The van der Waals surface area contributed by atoms with Crippen LogP contribution in [0.2, 0.25) is 0 Å². The maximum absolute atomic E-state index is 6.30. The smallest absolute Gasteiger partial charge is 0.127 e. The predicted molar refractivity (Wildman–Crippen MR) is 568 cm³/mol. The van der Waals surface area contributed by atoms with Gasteiger partial charge in [0, 0.05) is 117 Å². The van der Waals surface area contributed by atoms with E-state index in [4.69, 9.17) is 9.47 Å². The maximum Gasteiger partial charge on any atom is 0.127 e. The van der Waals surface area contributed by atoms with E-state index in [0.29, 0.717) is 0 Å². The molecule has 0 bridgehead atoms. The van der Waals surface area contributed by atoms with Crippen molar-refractivity contribution >= 4 is 166 Å². The van der Waals surface area contributed by atoms with E-state index in [1.165, 1.54) is 142 Å². The molecule has 0 heterocycles.